The maximum atomic E-state index is 12.3. The maximum Gasteiger partial charge on any atom is 0.262 e. The fraction of sp³-hybridized carbons (Fsp3) is 0.300. The quantitative estimate of drug-likeness (QED) is 0.550. The van der Waals surface area contributed by atoms with Crippen molar-refractivity contribution in [2.24, 2.45) is 0 Å². The van der Waals surface area contributed by atoms with Gasteiger partial charge in [-0.1, -0.05) is 17.6 Å². The van der Waals surface area contributed by atoms with Gasteiger partial charge in [0, 0.05) is 18.5 Å². The number of anilines is 1. The smallest absolute Gasteiger partial charge is 0.262 e. The van der Waals surface area contributed by atoms with E-state index < -0.39 is 0 Å². The topological polar surface area (TPSA) is 106 Å². The highest BCUT2D eigenvalue weighted by Gasteiger charge is 2.17. The number of fused-ring (bicyclic) bond motifs is 1. The molecular formula is C20H20N4O4S. The summed E-state index contributed by atoms with van der Waals surface area (Å²) in [5, 5.41) is 11.6. The van der Waals surface area contributed by atoms with E-state index in [0.717, 1.165) is 30.6 Å². The van der Waals surface area contributed by atoms with Crippen LogP contribution in [-0.2, 0) is 11.2 Å². The molecule has 0 spiro atoms. The molecule has 3 aromatic rings. The van der Waals surface area contributed by atoms with E-state index in [1.165, 1.54) is 0 Å². The van der Waals surface area contributed by atoms with Gasteiger partial charge in [0.15, 0.2) is 6.61 Å². The van der Waals surface area contributed by atoms with E-state index in [9.17, 15) is 9.59 Å². The van der Waals surface area contributed by atoms with Crippen LogP contribution < -0.4 is 15.4 Å². The van der Waals surface area contributed by atoms with Crippen molar-refractivity contribution < 1.29 is 18.8 Å². The number of ether oxygens (including phenoxy) is 1. The first kappa shape index (κ1) is 19.1. The molecule has 0 radical (unpaired) electrons. The summed E-state index contributed by atoms with van der Waals surface area (Å²) in [5.41, 5.74) is 1.09. The molecule has 1 aliphatic heterocycles. The second kappa shape index (κ2) is 8.87. The molecule has 0 aliphatic carbocycles. The lowest BCUT2D eigenvalue weighted by Crippen LogP contribution is -2.27. The number of thiophene rings is 1. The van der Waals surface area contributed by atoms with Gasteiger partial charge in [-0.3, -0.25) is 9.59 Å². The molecule has 0 unspecified atom stereocenters. The second-order valence-electron chi connectivity index (χ2n) is 6.60. The van der Waals surface area contributed by atoms with Crippen LogP contribution in [0.3, 0.4) is 0 Å². The summed E-state index contributed by atoms with van der Waals surface area (Å²) < 4.78 is 10.6. The lowest BCUT2D eigenvalue weighted by molar-refractivity contribution is -0.118. The number of rotatable bonds is 8. The average Bonchev–Trinajstić information content (AvgIpc) is 3.41. The third-order valence-corrected chi connectivity index (χ3v) is 5.31. The van der Waals surface area contributed by atoms with Gasteiger partial charge in [0.1, 0.15) is 5.75 Å². The van der Waals surface area contributed by atoms with Crippen LogP contribution >= 0.6 is 11.3 Å². The Hall–Kier alpha value is -3.20. The van der Waals surface area contributed by atoms with Crippen LogP contribution in [0.4, 0.5) is 5.69 Å². The van der Waals surface area contributed by atoms with E-state index in [1.54, 1.807) is 29.5 Å². The molecule has 8 nitrogen and oxygen atoms in total. The standard InChI is InChI=1S/C20H20N4O4S/c25-17-12-27-15-11-13(7-8-14(15)22-17)20(26)21-9-3-1-2-6-18-23-19(24-28-18)16-5-4-10-29-16/h4-5,7-8,10-11H,1-3,6,9,12H2,(H,21,26)(H,22,25). The third kappa shape index (κ3) is 4.80. The second-order valence-corrected chi connectivity index (χ2v) is 7.55. The number of carbonyl (C=O) groups is 2. The zero-order valence-corrected chi connectivity index (χ0v) is 16.5. The van der Waals surface area contributed by atoms with Gasteiger partial charge in [-0.15, -0.1) is 11.3 Å². The van der Waals surface area contributed by atoms with Crippen LogP contribution in [-0.4, -0.2) is 35.1 Å². The van der Waals surface area contributed by atoms with Gasteiger partial charge in [0.25, 0.3) is 11.8 Å². The highest BCUT2D eigenvalue weighted by molar-refractivity contribution is 7.13. The fourth-order valence-corrected chi connectivity index (χ4v) is 3.61. The van der Waals surface area contributed by atoms with Gasteiger partial charge in [-0.2, -0.15) is 4.98 Å². The molecule has 0 saturated heterocycles. The number of hydrogen-bond donors (Lipinski definition) is 2. The molecule has 0 bridgehead atoms. The van der Waals surface area contributed by atoms with Gasteiger partial charge in [-0.05, 0) is 42.5 Å². The third-order valence-electron chi connectivity index (χ3n) is 4.44. The minimum Gasteiger partial charge on any atom is -0.482 e. The van der Waals surface area contributed by atoms with E-state index >= 15 is 0 Å². The van der Waals surface area contributed by atoms with Crippen LogP contribution in [0.25, 0.3) is 10.7 Å². The van der Waals surface area contributed by atoms with Crippen LogP contribution in [0.5, 0.6) is 5.75 Å². The molecule has 2 N–H and O–H groups in total. The highest BCUT2D eigenvalue weighted by atomic mass is 32.1. The first-order valence-electron chi connectivity index (χ1n) is 9.40. The zero-order chi connectivity index (χ0) is 20.1. The molecule has 150 valence electrons. The summed E-state index contributed by atoms with van der Waals surface area (Å²) in [6.07, 6.45) is 3.43. The van der Waals surface area contributed by atoms with Gasteiger partial charge in [0.2, 0.25) is 11.7 Å². The predicted molar refractivity (Wildman–Crippen MR) is 108 cm³/mol. The molecule has 3 heterocycles. The summed E-state index contributed by atoms with van der Waals surface area (Å²) in [7, 11) is 0. The van der Waals surface area contributed by atoms with E-state index in [4.69, 9.17) is 9.26 Å². The summed E-state index contributed by atoms with van der Waals surface area (Å²) >= 11 is 1.58. The summed E-state index contributed by atoms with van der Waals surface area (Å²) in [4.78, 5) is 29.0. The molecular weight excluding hydrogens is 392 g/mol. The molecule has 2 aromatic heterocycles. The number of benzene rings is 1. The number of carbonyl (C=O) groups excluding carboxylic acids is 2. The Morgan fingerprint density at radius 1 is 1.24 bits per heavy atom. The number of amides is 2. The lowest BCUT2D eigenvalue weighted by Gasteiger charge is -2.18. The van der Waals surface area contributed by atoms with Crippen LogP contribution in [0.1, 0.15) is 35.5 Å². The van der Waals surface area contributed by atoms with Gasteiger partial charge >= 0.3 is 0 Å². The van der Waals surface area contributed by atoms with Crippen molar-refractivity contribution in [3.05, 3.63) is 47.2 Å². The Morgan fingerprint density at radius 2 is 2.17 bits per heavy atom. The van der Waals surface area contributed by atoms with Crippen molar-refractivity contribution in [3.8, 4) is 16.5 Å². The number of nitrogens with one attached hydrogen (secondary N) is 2. The summed E-state index contributed by atoms with van der Waals surface area (Å²) in [6, 6.07) is 8.91. The largest absolute Gasteiger partial charge is 0.482 e. The van der Waals surface area contributed by atoms with E-state index in [2.05, 4.69) is 20.8 Å². The van der Waals surface area contributed by atoms with Crippen molar-refractivity contribution in [1.29, 1.82) is 0 Å². The molecule has 1 aliphatic rings. The Bertz CT molecular complexity index is 1000. The van der Waals surface area contributed by atoms with E-state index in [1.807, 2.05) is 17.5 Å². The minimum atomic E-state index is -0.196. The molecule has 0 atom stereocenters. The molecule has 9 heteroatoms. The number of aromatic nitrogens is 2. The molecule has 0 fully saturated rings. The number of aryl methyl sites for hydroxylation is 1. The number of nitrogens with zero attached hydrogens (tertiary/aromatic N) is 2. The minimum absolute atomic E-state index is 0.0348. The van der Waals surface area contributed by atoms with Crippen molar-refractivity contribution in [2.75, 3.05) is 18.5 Å². The normalized spacial score (nSPS) is 12.8. The van der Waals surface area contributed by atoms with Gasteiger partial charge in [-0.25, -0.2) is 0 Å². The summed E-state index contributed by atoms with van der Waals surface area (Å²) in [5.74, 6) is 1.43. The van der Waals surface area contributed by atoms with Gasteiger partial charge in [0.05, 0.1) is 10.6 Å². The van der Waals surface area contributed by atoms with Crippen LogP contribution in [0, 0.1) is 0 Å². The van der Waals surface area contributed by atoms with E-state index in [0.29, 0.717) is 35.3 Å². The van der Waals surface area contributed by atoms with Crippen molar-refractivity contribution in [2.45, 2.75) is 25.7 Å². The maximum absolute atomic E-state index is 12.3. The fourth-order valence-electron chi connectivity index (χ4n) is 2.96. The Balaban J connectivity index is 1.16. The summed E-state index contributed by atoms with van der Waals surface area (Å²) in [6.45, 7) is 0.546. The molecule has 4 rings (SSSR count). The highest BCUT2D eigenvalue weighted by Crippen LogP contribution is 2.28. The van der Waals surface area contributed by atoms with Crippen molar-refractivity contribution >= 4 is 28.8 Å². The predicted octanol–water partition coefficient (Wildman–Crippen LogP) is 3.27. The number of hydrogen-bond acceptors (Lipinski definition) is 7. The Labute approximate surface area is 171 Å². The zero-order valence-electron chi connectivity index (χ0n) is 15.6. The lowest BCUT2D eigenvalue weighted by atomic mass is 10.1. The first-order chi connectivity index (χ1) is 14.2. The SMILES string of the molecule is O=C1COc2cc(C(=O)NCCCCCc3nc(-c4cccs4)no3)ccc2N1. The Morgan fingerprint density at radius 3 is 3.03 bits per heavy atom. The van der Waals surface area contributed by atoms with Crippen molar-refractivity contribution in [1.82, 2.24) is 15.5 Å². The monoisotopic (exact) mass is 412 g/mol. The number of unbranched alkanes of at least 4 members (excludes halogenated alkanes) is 2. The van der Waals surface area contributed by atoms with Crippen LogP contribution in [0.15, 0.2) is 40.2 Å². The van der Waals surface area contributed by atoms with Crippen molar-refractivity contribution in [3.63, 3.8) is 0 Å². The van der Waals surface area contributed by atoms with E-state index in [-0.39, 0.29) is 18.4 Å². The molecule has 29 heavy (non-hydrogen) atoms. The average molecular weight is 412 g/mol. The molecule has 1 aromatic carbocycles. The first-order valence-corrected chi connectivity index (χ1v) is 10.3. The van der Waals surface area contributed by atoms with Gasteiger partial charge < -0.3 is 19.9 Å². The Kier molecular flexibility index (Phi) is 5.85. The van der Waals surface area contributed by atoms with Crippen LogP contribution in [0.2, 0.25) is 0 Å². The molecule has 0 saturated carbocycles. The molecule has 2 amide bonds.